The molecule has 0 saturated carbocycles. The summed E-state index contributed by atoms with van der Waals surface area (Å²) < 4.78 is 21.1. The van der Waals surface area contributed by atoms with Crippen molar-refractivity contribution in [2.75, 3.05) is 0 Å². The largest absolute Gasteiger partial charge is 0.265 e. The molecule has 0 spiro atoms. The molecule has 11 heavy (non-hydrogen) atoms. The third-order valence-corrected chi connectivity index (χ3v) is 3.09. The topological polar surface area (TPSA) is 73.0 Å². The standard InChI is InChI=1S/C4H6N2O2S2.Na/c1-3-2-6-4(9-3)10(5,7)8;/h2H,1H3,(H2,5,7,8);. The Morgan fingerprint density at radius 3 is 2.36 bits per heavy atom. The number of rotatable bonds is 1. The molecule has 7 heteroatoms. The summed E-state index contributed by atoms with van der Waals surface area (Å²) in [5.41, 5.74) is 0. The van der Waals surface area contributed by atoms with Crippen LogP contribution in [-0.2, 0) is 10.0 Å². The van der Waals surface area contributed by atoms with E-state index in [2.05, 4.69) is 4.98 Å². The average Bonchev–Trinajstić information content (AvgIpc) is 2.11. The molecular weight excluding hydrogens is 195 g/mol. The van der Waals surface area contributed by atoms with Gasteiger partial charge in [0.15, 0.2) is 0 Å². The van der Waals surface area contributed by atoms with Gasteiger partial charge in [-0.05, 0) is 6.92 Å². The third-order valence-electron chi connectivity index (χ3n) is 0.843. The van der Waals surface area contributed by atoms with Crippen LogP contribution in [-0.4, -0.2) is 43.0 Å². The quantitative estimate of drug-likeness (QED) is 0.635. The van der Waals surface area contributed by atoms with Gasteiger partial charge in [0, 0.05) is 40.6 Å². The van der Waals surface area contributed by atoms with E-state index in [4.69, 9.17) is 5.14 Å². The van der Waals surface area contributed by atoms with Crippen LogP contribution in [0.15, 0.2) is 10.5 Å². The Morgan fingerprint density at radius 2 is 2.18 bits per heavy atom. The maximum Gasteiger partial charge on any atom is 0.265 e. The Hall–Kier alpha value is 0.540. The fourth-order valence-corrected chi connectivity index (χ4v) is 2.01. The van der Waals surface area contributed by atoms with Crippen LogP contribution >= 0.6 is 11.3 Å². The van der Waals surface area contributed by atoms with Gasteiger partial charge in [-0.1, -0.05) is 0 Å². The van der Waals surface area contributed by atoms with Crippen molar-refractivity contribution in [3.05, 3.63) is 11.1 Å². The molecule has 1 aromatic heterocycles. The van der Waals surface area contributed by atoms with Crippen LogP contribution in [0.3, 0.4) is 0 Å². The second kappa shape index (κ2) is 3.97. The molecule has 0 atom stereocenters. The minimum Gasteiger partial charge on any atom is -0.232 e. The molecule has 0 aromatic carbocycles. The first-order valence-electron chi connectivity index (χ1n) is 2.45. The van der Waals surface area contributed by atoms with Crippen molar-refractivity contribution in [1.29, 1.82) is 0 Å². The molecular formula is C4H6N2NaO2S2. The van der Waals surface area contributed by atoms with Crippen molar-refractivity contribution >= 4 is 50.9 Å². The number of hydrogen-bond acceptors (Lipinski definition) is 4. The number of aromatic nitrogens is 1. The van der Waals surface area contributed by atoms with Gasteiger partial charge in [-0.2, -0.15) is 0 Å². The predicted octanol–water partition coefficient (Wildman–Crippen LogP) is -0.282. The predicted molar refractivity (Wildman–Crippen MR) is 44.0 cm³/mol. The van der Waals surface area contributed by atoms with E-state index in [1.807, 2.05) is 0 Å². The number of nitrogens with two attached hydrogens (primary N) is 1. The third kappa shape index (κ3) is 3.18. The normalized spacial score (nSPS) is 10.7. The molecule has 0 amide bonds. The zero-order chi connectivity index (χ0) is 7.78. The maximum absolute atomic E-state index is 10.6. The molecule has 1 heterocycles. The zero-order valence-electron chi connectivity index (χ0n) is 6.23. The van der Waals surface area contributed by atoms with Gasteiger partial charge >= 0.3 is 0 Å². The smallest absolute Gasteiger partial charge is 0.232 e. The molecule has 0 bridgehead atoms. The fourth-order valence-electron chi connectivity index (χ4n) is 0.466. The van der Waals surface area contributed by atoms with E-state index >= 15 is 0 Å². The Kier molecular flexibility index (Phi) is 4.17. The summed E-state index contributed by atoms with van der Waals surface area (Å²) in [5.74, 6) is 0. The molecule has 0 aliphatic rings. The molecule has 1 aromatic rings. The molecule has 1 rings (SSSR count). The van der Waals surface area contributed by atoms with E-state index in [1.54, 1.807) is 6.92 Å². The van der Waals surface area contributed by atoms with Gasteiger partial charge in [0.2, 0.25) is 4.34 Å². The van der Waals surface area contributed by atoms with E-state index in [0.717, 1.165) is 16.2 Å². The van der Waals surface area contributed by atoms with Crippen LogP contribution in [0.4, 0.5) is 0 Å². The molecule has 0 fully saturated rings. The molecule has 0 unspecified atom stereocenters. The summed E-state index contributed by atoms with van der Waals surface area (Å²) in [6, 6.07) is 0. The molecule has 2 N–H and O–H groups in total. The maximum atomic E-state index is 10.6. The van der Waals surface area contributed by atoms with Crippen LogP contribution in [0.5, 0.6) is 0 Å². The van der Waals surface area contributed by atoms with Crippen molar-refractivity contribution in [1.82, 2.24) is 4.98 Å². The second-order valence-electron chi connectivity index (χ2n) is 1.78. The summed E-state index contributed by atoms with van der Waals surface area (Å²) >= 11 is 1.07. The Balaban J connectivity index is 0.000001000. The van der Waals surface area contributed by atoms with Crippen LogP contribution < -0.4 is 5.14 Å². The summed E-state index contributed by atoms with van der Waals surface area (Å²) in [7, 11) is -3.57. The minimum atomic E-state index is -3.57. The van der Waals surface area contributed by atoms with E-state index in [1.165, 1.54) is 6.20 Å². The van der Waals surface area contributed by atoms with Gasteiger partial charge in [-0.25, -0.2) is 18.5 Å². The number of nitrogens with zero attached hydrogens (tertiary/aromatic N) is 1. The fraction of sp³-hybridized carbons (Fsp3) is 0.250. The SMILES string of the molecule is Cc1cnc(S(N)(=O)=O)s1.[Na]. The Morgan fingerprint density at radius 1 is 1.64 bits per heavy atom. The average molecular weight is 201 g/mol. The zero-order valence-corrected chi connectivity index (χ0v) is 9.87. The molecule has 4 nitrogen and oxygen atoms in total. The minimum absolute atomic E-state index is 0. The number of aryl methyl sites for hydroxylation is 1. The van der Waals surface area contributed by atoms with Gasteiger partial charge in [0.1, 0.15) is 0 Å². The summed E-state index contributed by atoms with van der Waals surface area (Å²) in [6.45, 7) is 1.77. The van der Waals surface area contributed by atoms with Crippen LogP contribution in [0.25, 0.3) is 0 Å². The first-order valence-corrected chi connectivity index (χ1v) is 4.81. The second-order valence-corrected chi connectivity index (χ2v) is 4.75. The number of thiazole rings is 1. The van der Waals surface area contributed by atoms with E-state index in [0.29, 0.717) is 0 Å². The van der Waals surface area contributed by atoms with E-state index in [9.17, 15) is 8.42 Å². The summed E-state index contributed by atoms with van der Waals surface area (Å²) in [6.07, 6.45) is 1.48. The molecule has 0 aliphatic carbocycles. The number of hydrogen-bond donors (Lipinski definition) is 1. The van der Waals surface area contributed by atoms with E-state index < -0.39 is 10.0 Å². The van der Waals surface area contributed by atoms with Crippen molar-refractivity contribution in [2.24, 2.45) is 5.14 Å². The molecule has 1 radical (unpaired) electrons. The molecule has 0 saturated heterocycles. The van der Waals surface area contributed by atoms with Crippen molar-refractivity contribution in [3.63, 3.8) is 0 Å². The number of sulfonamides is 1. The van der Waals surface area contributed by atoms with Crippen LogP contribution in [0, 0.1) is 6.92 Å². The Bertz CT molecular complexity index is 332. The monoisotopic (exact) mass is 201 g/mol. The first kappa shape index (κ1) is 11.5. The van der Waals surface area contributed by atoms with Crippen LogP contribution in [0.1, 0.15) is 4.88 Å². The van der Waals surface area contributed by atoms with Gasteiger partial charge in [0.05, 0.1) is 0 Å². The molecule has 0 aliphatic heterocycles. The van der Waals surface area contributed by atoms with Crippen molar-refractivity contribution < 1.29 is 8.42 Å². The van der Waals surface area contributed by atoms with Gasteiger partial charge < -0.3 is 0 Å². The van der Waals surface area contributed by atoms with Crippen LogP contribution in [0.2, 0.25) is 0 Å². The first-order chi connectivity index (χ1) is 4.50. The van der Waals surface area contributed by atoms with Crippen molar-refractivity contribution in [2.45, 2.75) is 11.3 Å². The summed E-state index contributed by atoms with van der Waals surface area (Å²) in [5, 5.41) is 4.79. The van der Waals surface area contributed by atoms with Gasteiger partial charge in [-0.15, -0.1) is 11.3 Å². The molecule has 57 valence electrons. The van der Waals surface area contributed by atoms with Gasteiger partial charge in [-0.3, -0.25) is 0 Å². The van der Waals surface area contributed by atoms with Crippen molar-refractivity contribution in [3.8, 4) is 0 Å². The van der Waals surface area contributed by atoms with E-state index in [-0.39, 0.29) is 33.9 Å². The Labute approximate surface area is 91.2 Å². The summed E-state index contributed by atoms with van der Waals surface area (Å²) in [4.78, 5) is 4.43. The number of primary sulfonamides is 1. The van der Waals surface area contributed by atoms with Gasteiger partial charge in [0.25, 0.3) is 10.0 Å².